The molecule has 1 atom stereocenters. The minimum absolute atomic E-state index is 0.0793. The van der Waals surface area contributed by atoms with Crippen molar-refractivity contribution >= 4 is 22.4 Å². The average Bonchev–Trinajstić information content (AvgIpc) is 2.75. The highest BCUT2D eigenvalue weighted by Crippen LogP contribution is 2.15. The van der Waals surface area contributed by atoms with Crippen molar-refractivity contribution in [1.82, 2.24) is 9.88 Å². The molecule has 2 N–H and O–H groups in total. The quantitative estimate of drug-likeness (QED) is 0.840. The minimum atomic E-state index is -0.0793. The summed E-state index contributed by atoms with van der Waals surface area (Å²) in [5, 5.41) is 2.11. The van der Waals surface area contributed by atoms with E-state index >= 15 is 0 Å². The lowest BCUT2D eigenvalue weighted by Crippen LogP contribution is -2.40. The molecule has 0 aromatic carbocycles. The molecule has 0 aliphatic rings. The fraction of sp³-hybridized carbons (Fsp3) is 0.636. The zero-order valence-electron chi connectivity index (χ0n) is 10.5. The van der Waals surface area contributed by atoms with Crippen molar-refractivity contribution < 1.29 is 9.53 Å². The summed E-state index contributed by atoms with van der Waals surface area (Å²) in [6, 6.07) is 0.167. The first-order valence-corrected chi connectivity index (χ1v) is 6.49. The Labute approximate surface area is 106 Å². The Hall–Kier alpha value is -1.14. The molecule has 5 nitrogen and oxygen atoms in total. The predicted octanol–water partition coefficient (Wildman–Crippen LogP) is 1.61. The van der Waals surface area contributed by atoms with Gasteiger partial charge in [-0.3, -0.25) is 4.79 Å². The van der Waals surface area contributed by atoms with Crippen molar-refractivity contribution in [1.29, 1.82) is 0 Å². The molecular weight excluding hydrogens is 238 g/mol. The molecule has 1 heterocycles. The van der Waals surface area contributed by atoms with Crippen LogP contribution in [-0.4, -0.2) is 42.1 Å². The van der Waals surface area contributed by atoms with Gasteiger partial charge in [0.15, 0.2) is 5.13 Å². The number of hydrogen-bond donors (Lipinski definition) is 1. The number of carbonyl (C=O) groups is 1. The highest BCUT2D eigenvalue weighted by molar-refractivity contribution is 7.13. The predicted molar refractivity (Wildman–Crippen MR) is 69.2 cm³/mol. The summed E-state index contributed by atoms with van der Waals surface area (Å²) >= 11 is 1.28. The number of thiazole rings is 1. The van der Waals surface area contributed by atoms with Crippen molar-refractivity contribution in [2.75, 3.05) is 26.0 Å². The summed E-state index contributed by atoms with van der Waals surface area (Å²) in [6.07, 6.45) is 0.898. The van der Waals surface area contributed by atoms with Gasteiger partial charge in [0.1, 0.15) is 5.69 Å². The molecule has 1 amide bonds. The summed E-state index contributed by atoms with van der Waals surface area (Å²) in [7, 11) is 1.63. The van der Waals surface area contributed by atoms with E-state index in [4.69, 9.17) is 10.5 Å². The maximum atomic E-state index is 12.2. The van der Waals surface area contributed by atoms with Crippen LogP contribution >= 0.6 is 11.3 Å². The SMILES string of the molecule is CCC(C)N(CCOC)C(=O)c1csc(N)n1. The Kier molecular flexibility index (Phi) is 5.37. The van der Waals surface area contributed by atoms with Gasteiger partial charge >= 0.3 is 0 Å². The van der Waals surface area contributed by atoms with Crippen LogP contribution in [-0.2, 0) is 4.74 Å². The van der Waals surface area contributed by atoms with Gasteiger partial charge in [-0.2, -0.15) is 0 Å². The van der Waals surface area contributed by atoms with E-state index in [1.807, 2.05) is 13.8 Å². The third kappa shape index (κ3) is 3.67. The molecular formula is C11H19N3O2S. The standard InChI is InChI=1S/C11H19N3O2S/c1-4-8(2)14(5-6-16-3)10(15)9-7-17-11(12)13-9/h7-8H,4-6H2,1-3H3,(H2,12,13). The van der Waals surface area contributed by atoms with Crippen LogP contribution in [0.15, 0.2) is 5.38 Å². The summed E-state index contributed by atoms with van der Waals surface area (Å²) in [4.78, 5) is 18.0. The Morgan fingerprint density at radius 3 is 2.88 bits per heavy atom. The molecule has 0 radical (unpaired) electrons. The van der Waals surface area contributed by atoms with Gasteiger partial charge in [-0.25, -0.2) is 4.98 Å². The second-order valence-corrected chi connectivity index (χ2v) is 4.71. The molecule has 0 fully saturated rings. The zero-order chi connectivity index (χ0) is 12.8. The van der Waals surface area contributed by atoms with E-state index in [1.165, 1.54) is 11.3 Å². The maximum absolute atomic E-state index is 12.2. The van der Waals surface area contributed by atoms with Crippen molar-refractivity contribution in [3.05, 3.63) is 11.1 Å². The smallest absolute Gasteiger partial charge is 0.273 e. The molecule has 6 heteroatoms. The number of nitrogens with two attached hydrogens (primary N) is 1. The highest BCUT2D eigenvalue weighted by atomic mass is 32.1. The van der Waals surface area contributed by atoms with Crippen LogP contribution in [0.3, 0.4) is 0 Å². The monoisotopic (exact) mass is 257 g/mol. The normalized spacial score (nSPS) is 12.4. The van der Waals surface area contributed by atoms with Crippen LogP contribution < -0.4 is 5.73 Å². The number of methoxy groups -OCH3 is 1. The highest BCUT2D eigenvalue weighted by Gasteiger charge is 2.22. The van der Waals surface area contributed by atoms with E-state index in [0.29, 0.717) is 24.0 Å². The summed E-state index contributed by atoms with van der Waals surface area (Å²) in [6.45, 7) is 5.16. The second kappa shape index (κ2) is 6.56. The first-order valence-electron chi connectivity index (χ1n) is 5.61. The number of amides is 1. The summed E-state index contributed by atoms with van der Waals surface area (Å²) in [5.41, 5.74) is 5.96. The first kappa shape index (κ1) is 13.9. The van der Waals surface area contributed by atoms with Crippen molar-refractivity contribution in [2.45, 2.75) is 26.3 Å². The lowest BCUT2D eigenvalue weighted by molar-refractivity contribution is 0.0609. The Balaban J connectivity index is 2.78. The number of hydrogen-bond acceptors (Lipinski definition) is 5. The molecule has 0 saturated carbocycles. The van der Waals surface area contributed by atoms with E-state index in [0.717, 1.165) is 6.42 Å². The maximum Gasteiger partial charge on any atom is 0.273 e. The van der Waals surface area contributed by atoms with Gasteiger partial charge in [0.25, 0.3) is 5.91 Å². The van der Waals surface area contributed by atoms with Crippen LogP contribution in [0.4, 0.5) is 5.13 Å². The van der Waals surface area contributed by atoms with Gasteiger partial charge < -0.3 is 15.4 Å². The van der Waals surface area contributed by atoms with E-state index in [2.05, 4.69) is 4.98 Å². The molecule has 17 heavy (non-hydrogen) atoms. The Morgan fingerprint density at radius 1 is 1.71 bits per heavy atom. The number of anilines is 1. The van der Waals surface area contributed by atoms with Crippen molar-refractivity contribution in [2.24, 2.45) is 0 Å². The Morgan fingerprint density at radius 2 is 2.41 bits per heavy atom. The molecule has 0 bridgehead atoms. The van der Waals surface area contributed by atoms with E-state index in [1.54, 1.807) is 17.4 Å². The fourth-order valence-electron chi connectivity index (χ4n) is 1.47. The third-order valence-electron chi connectivity index (χ3n) is 2.66. The summed E-state index contributed by atoms with van der Waals surface area (Å²) in [5.74, 6) is -0.0793. The van der Waals surface area contributed by atoms with Gasteiger partial charge in [0.05, 0.1) is 6.61 Å². The molecule has 0 spiro atoms. The molecule has 0 saturated heterocycles. The van der Waals surface area contributed by atoms with E-state index < -0.39 is 0 Å². The average molecular weight is 257 g/mol. The molecule has 1 rings (SSSR count). The van der Waals surface area contributed by atoms with Crippen molar-refractivity contribution in [3.63, 3.8) is 0 Å². The van der Waals surface area contributed by atoms with Gasteiger partial charge in [-0.1, -0.05) is 6.92 Å². The number of carbonyl (C=O) groups excluding carboxylic acids is 1. The molecule has 1 unspecified atom stereocenters. The van der Waals surface area contributed by atoms with Crippen LogP contribution in [0.5, 0.6) is 0 Å². The number of aromatic nitrogens is 1. The van der Waals surface area contributed by atoms with Gasteiger partial charge in [0, 0.05) is 25.1 Å². The van der Waals surface area contributed by atoms with Crippen LogP contribution in [0, 0.1) is 0 Å². The molecule has 0 aliphatic heterocycles. The van der Waals surface area contributed by atoms with Crippen molar-refractivity contribution in [3.8, 4) is 0 Å². The zero-order valence-corrected chi connectivity index (χ0v) is 11.3. The van der Waals surface area contributed by atoms with Crippen LogP contribution in [0.2, 0.25) is 0 Å². The van der Waals surface area contributed by atoms with Crippen LogP contribution in [0.25, 0.3) is 0 Å². The third-order valence-corrected chi connectivity index (χ3v) is 3.34. The summed E-state index contributed by atoms with van der Waals surface area (Å²) < 4.78 is 5.02. The van der Waals surface area contributed by atoms with Gasteiger partial charge in [-0.05, 0) is 13.3 Å². The van der Waals surface area contributed by atoms with Crippen LogP contribution in [0.1, 0.15) is 30.8 Å². The number of ether oxygens (including phenoxy) is 1. The topological polar surface area (TPSA) is 68.5 Å². The molecule has 1 aromatic heterocycles. The molecule has 0 aliphatic carbocycles. The van der Waals surface area contributed by atoms with E-state index in [-0.39, 0.29) is 11.9 Å². The fourth-order valence-corrected chi connectivity index (χ4v) is 2.00. The number of nitrogens with zero attached hydrogens (tertiary/aromatic N) is 2. The molecule has 96 valence electrons. The number of rotatable bonds is 6. The largest absolute Gasteiger partial charge is 0.383 e. The van der Waals surface area contributed by atoms with Gasteiger partial charge in [0.2, 0.25) is 0 Å². The van der Waals surface area contributed by atoms with E-state index in [9.17, 15) is 4.79 Å². The Bertz CT molecular complexity index is 367. The number of nitrogen functional groups attached to an aromatic ring is 1. The second-order valence-electron chi connectivity index (χ2n) is 3.82. The molecule has 1 aromatic rings. The van der Waals surface area contributed by atoms with Gasteiger partial charge in [-0.15, -0.1) is 11.3 Å². The minimum Gasteiger partial charge on any atom is -0.383 e. The lowest BCUT2D eigenvalue weighted by atomic mass is 10.2. The lowest BCUT2D eigenvalue weighted by Gasteiger charge is -2.27. The first-order chi connectivity index (χ1) is 8.10.